The Kier molecular flexibility index (Phi) is 4.99. The van der Waals surface area contributed by atoms with Crippen LogP contribution in [0.4, 0.5) is 0 Å². The van der Waals surface area contributed by atoms with Gasteiger partial charge in [-0.2, -0.15) is 0 Å². The fourth-order valence-corrected chi connectivity index (χ4v) is 2.52. The standard InChI is InChI=1S/C14H21BrN2/c1-2-8-16-14(9-11-4-3-5-11)13-7-6-12(15)10-17-13/h6-7,10-11,14,16H,2-5,8-9H2,1H3. The molecule has 0 aliphatic heterocycles. The fourth-order valence-electron chi connectivity index (χ4n) is 2.28. The summed E-state index contributed by atoms with van der Waals surface area (Å²) < 4.78 is 1.05. The minimum absolute atomic E-state index is 0.438. The zero-order valence-electron chi connectivity index (χ0n) is 10.5. The molecule has 1 aromatic heterocycles. The molecule has 17 heavy (non-hydrogen) atoms. The molecule has 0 amide bonds. The Morgan fingerprint density at radius 1 is 1.47 bits per heavy atom. The summed E-state index contributed by atoms with van der Waals surface area (Å²) in [6.07, 6.45) is 8.55. The second-order valence-electron chi connectivity index (χ2n) is 4.94. The van der Waals surface area contributed by atoms with E-state index in [1.807, 2.05) is 6.20 Å². The van der Waals surface area contributed by atoms with Gasteiger partial charge < -0.3 is 5.32 Å². The first-order valence-corrected chi connectivity index (χ1v) is 7.43. The van der Waals surface area contributed by atoms with E-state index in [9.17, 15) is 0 Å². The zero-order chi connectivity index (χ0) is 12.1. The van der Waals surface area contributed by atoms with Crippen molar-refractivity contribution in [1.82, 2.24) is 10.3 Å². The summed E-state index contributed by atoms with van der Waals surface area (Å²) in [5, 5.41) is 3.63. The minimum Gasteiger partial charge on any atom is -0.309 e. The van der Waals surface area contributed by atoms with Crippen molar-refractivity contribution in [3.63, 3.8) is 0 Å². The molecule has 1 unspecified atom stereocenters. The molecule has 1 aliphatic rings. The maximum Gasteiger partial charge on any atom is 0.0574 e. The molecule has 1 aromatic rings. The van der Waals surface area contributed by atoms with Crippen LogP contribution < -0.4 is 5.32 Å². The third kappa shape index (κ3) is 3.78. The number of hydrogen-bond acceptors (Lipinski definition) is 2. The van der Waals surface area contributed by atoms with Gasteiger partial charge >= 0.3 is 0 Å². The predicted octanol–water partition coefficient (Wildman–Crippen LogP) is 4.08. The van der Waals surface area contributed by atoms with Crippen molar-refractivity contribution in [2.45, 2.75) is 45.1 Å². The highest BCUT2D eigenvalue weighted by Crippen LogP contribution is 2.34. The maximum absolute atomic E-state index is 4.53. The number of nitrogens with zero attached hydrogens (tertiary/aromatic N) is 1. The summed E-state index contributed by atoms with van der Waals surface area (Å²) in [4.78, 5) is 4.53. The molecular weight excluding hydrogens is 276 g/mol. The van der Waals surface area contributed by atoms with E-state index in [0.29, 0.717) is 6.04 Å². The summed E-state index contributed by atoms with van der Waals surface area (Å²) in [5.41, 5.74) is 1.19. The molecule has 1 atom stereocenters. The van der Waals surface area contributed by atoms with Gasteiger partial charge in [-0.25, -0.2) is 0 Å². The lowest BCUT2D eigenvalue weighted by Gasteiger charge is -2.30. The number of rotatable bonds is 6. The number of halogens is 1. The highest BCUT2D eigenvalue weighted by Gasteiger charge is 2.23. The molecule has 0 saturated heterocycles. The predicted molar refractivity (Wildman–Crippen MR) is 74.9 cm³/mol. The quantitative estimate of drug-likeness (QED) is 0.856. The molecule has 1 N–H and O–H groups in total. The first-order valence-electron chi connectivity index (χ1n) is 6.64. The lowest BCUT2D eigenvalue weighted by molar-refractivity contribution is 0.259. The third-order valence-corrected chi connectivity index (χ3v) is 4.01. The van der Waals surface area contributed by atoms with Gasteiger partial charge in [0.25, 0.3) is 0 Å². The molecular formula is C14H21BrN2. The van der Waals surface area contributed by atoms with Crippen LogP contribution in [-0.2, 0) is 0 Å². The smallest absolute Gasteiger partial charge is 0.0574 e. The van der Waals surface area contributed by atoms with Crippen LogP contribution >= 0.6 is 15.9 Å². The Labute approximate surface area is 112 Å². The highest BCUT2D eigenvalue weighted by molar-refractivity contribution is 9.10. The first-order chi connectivity index (χ1) is 8.29. The fraction of sp³-hybridized carbons (Fsp3) is 0.643. The largest absolute Gasteiger partial charge is 0.309 e. The molecule has 0 radical (unpaired) electrons. The SMILES string of the molecule is CCCNC(CC1CCC1)c1ccc(Br)cn1. The van der Waals surface area contributed by atoms with Gasteiger partial charge in [0, 0.05) is 16.7 Å². The summed E-state index contributed by atoms with van der Waals surface area (Å²) >= 11 is 3.44. The zero-order valence-corrected chi connectivity index (χ0v) is 12.0. The van der Waals surface area contributed by atoms with Gasteiger partial charge in [-0.3, -0.25) is 4.98 Å². The van der Waals surface area contributed by atoms with Crippen LogP contribution in [-0.4, -0.2) is 11.5 Å². The van der Waals surface area contributed by atoms with Crippen LogP contribution in [0.3, 0.4) is 0 Å². The first kappa shape index (κ1) is 13.0. The monoisotopic (exact) mass is 296 g/mol. The van der Waals surface area contributed by atoms with E-state index in [2.05, 4.69) is 45.3 Å². The van der Waals surface area contributed by atoms with Crippen molar-refractivity contribution in [3.8, 4) is 0 Å². The molecule has 0 spiro atoms. The number of hydrogen-bond donors (Lipinski definition) is 1. The average Bonchev–Trinajstić information content (AvgIpc) is 2.28. The van der Waals surface area contributed by atoms with Crippen LogP contribution in [0.2, 0.25) is 0 Å². The van der Waals surface area contributed by atoms with Gasteiger partial charge in [0.15, 0.2) is 0 Å². The van der Waals surface area contributed by atoms with Crippen LogP contribution in [0, 0.1) is 5.92 Å². The Hall–Kier alpha value is -0.410. The van der Waals surface area contributed by atoms with Crippen molar-refractivity contribution in [2.24, 2.45) is 5.92 Å². The van der Waals surface area contributed by atoms with Gasteiger partial charge in [-0.15, -0.1) is 0 Å². The molecule has 1 aliphatic carbocycles. The van der Waals surface area contributed by atoms with E-state index in [0.717, 1.165) is 16.9 Å². The van der Waals surface area contributed by atoms with Crippen LogP contribution in [0.1, 0.15) is 50.8 Å². The summed E-state index contributed by atoms with van der Waals surface area (Å²) in [6.45, 7) is 3.29. The van der Waals surface area contributed by atoms with Crippen molar-refractivity contribution < 1.29 is 0 Å². The van der Waals surface area contributed by atoms with E-state index in [-0.39, 0.29) is 0 Å². The molecule has 2 nitrogen and oxygen atoms in total. The van der Waals surface area contributed by atoms with E-state index in [1.165, 1.54) is 37.8 Å². The molecule has 1 saturated carbocycles. The van der Waals surface area contributed by atoms with Crippen molar-refractivity contribution >= 4 is 15.9 Å². The molecule has 3 heteroatoms. The maximum atomic E-state index is 4.53. The molecule has 0 aromatic carbocycles. The molecule has 2 rings (SSSR count). The second-order valence-corrected chi connectivity index (χ2v) is 5.86. The minimum atomic E-state index is 0.438. The van der Waals surface area contributed by atoms with E-state index in [4.69, 9.17) is 0 Å². The molecule has 94 valence electrons. The second kappa shape index (κ2) is 6.50. The van der Waals surface area contributed by atoms with Crippen LogP contribution in [0.25, 0.3) is 0 Å². The van der Waals surface area contributed by atoms with Crippen molar-refractivity contribution in [3.05, 3.63) is 28.5 Å². The topological polar surface area (TPSA) is 24.9 Å². The average molecular weight is 297 g/mol. The Morgan fingerprint density at radius 3 is 2.82 bits per heavy atom. The van der Waals surface area contributed by atoms with Gasteiger partial charge in [-0.05, 0) is 53.4 Å². The van der Waals surface area contributed by atoms with E-state index < -0.39 is 0 Å². The number of aromatic nitrogens is 1. The van der Waals surface area contributed by atoms with Crippen LogP contribution in [0.15, 0.2) is 22.8 Å². The third-order valence-electron chi connectivity index (χ3n) is 3.54. The molecule has 0 bridgehead atoms. The lowest BCUT2D eigenvalue weighted by Crippen LogP contribution is -2.27. The van der Waals surface area contributed by atoms with Crippen molar-refractivity contribution in [2.75, 3.05) is 6.54 Å². The number of nitrogens with one attached hydrogen (secondary N) is 1. The van der Waals surface area contributed by atoms with Crippen LogP contribution in [0.5, 0.6) is 0 Å². The summed E-state index contributed by atoms with van der Waals surface area (Å²) in [7, 11) is 0. The Bertz CT molecular complexity index is 333. The van der Waals surface area contributed by atoms with E-state index >= 15 is 0 Å². The Morgan fingerprint density at radius 2 is 2.29 bits per heavy atom. The van der Waals surface area contributed by atoms with Crippen molar-refractivity contribution in [1.29, 1.82) is 0 Å². The molecule has 1 fully saturated rings. The van der Waals surface area contributed by atoms with E-state index in [1.54, 1.807) is 0 Å². The highest BCUT2D eigenvalue weighted by atomic mass is 79.9. The van der Waals surface area contributed by atoms with Gasteiger partial charge in [0.1, 0.15) is 0 Å². The lowest BCUT2D eigenvalue weighted by atomic mass is 9.80. The van der Waals surface area contributed by atoms with Gasteiger partial charge in [-0.1, -0.05) is 26.2 Å². The summed E-state index contributed by atoms with van der Waals surface area (Å²) in [5.74, 6) is 0.912. The molecule has 1 heterocycles. The summed E-state index contributed by atoms with van der Waals surface area (Å²) in [6, 6.07) is 4.66. The van der Waals surface area contributed by atoms with Gasteiger partial charge in [0.05, 0.1) is 5.69 Å². The number of pyridine rings is 1. The van der Waals surface area contributed by atoms with Gasteiger partial charge in [0.2, 0.25) is 0 Å². The normalized spacial score (nSPS) is 17.8. The Balaban J connectivity index is 1.99.